The van der Waals surface area contributed by atoms with Crippen LogP contribution >= 0.6 is 0 Å². The Balaban J connectivity index is 2.36. The quantitative estimate of drug-likeness (QED) is 0.365. The molecule has 0 saturated carbocycles. The average Bonchev–Trinajstić information content (AvgIpc) is 2.50. The zero-order valence-electron chi connectivity index (χ0n) is 15.0. The molecular formula is C20H30O3. The summed E-state index contributed by atoms with van der Waals surface area (Å²) in [5.74, 6) is -0.980. The third-order valence-corrected chi connectivity index (χ3v) is 3.93. The first-order chi connectivity index (χ1) is 10.8. The highest BCUT2D eigenvalue weighted by atomic mass is 16.6. The van der Waals surface area contributed by atoms with Gasteiger partial charge in [0.25, 0.3) is 0 Å². The monoisotopic (exact) mass is 318 g/mol. The van der Waals surface area contributed by atoms with Gasteiger partial charge < -0.3 is 4.74 Å². The molecule has 23 heavy (non-hydrogen) atoms. The molecule has 0 bridgehead atoms. The van der Waals surface area contributed by atoms with E-state index in [2.05, 4.69) is 27.7 Å². The first-order valence-corrected chi connectivity index (χ1v) is 8.70. The van der Waals surface area contributed by atoms with E-state index >= 15 is 0 Å². The number of carbonyl (C=O) groups is 2. The van der Waals surface area contributed by atoms with Crippen molar-refractivity contribution in [3.8, 4) is 0 Å². The standard InChI is InChI=1S/C20H30O3/c1-5-6-7-8-9-10-11-18(21)23-19(22)16-12-14-17(15-13-16)20(2,3)4/h12-15H,5-11H2,1-4H3. The number of ether oxygens (including phenoxy) is 1. The Morgan fingerprint density at radius 3 is 2.04 bits per heavy atom. The maximum Gasteiger partial charge on any atom is 0.345 e. The van der Waals surface area contributed by atoms with Crippen molar-refractivity contribution in [2.75, 3.05) is 0 Å². The Morgan fingerprint density at radius 1 is 0.913 bits per heavy atom. The van der Waals surface area contributed by atoms with Gasteiger partial charge in [-0.15, -0.1) is 0 Å². The number of rotatable bonds is 8. The molecule has 0 N–H and O–H groups in total. The topological polar surface area (TPSA) is 43.4 Å². The Hall–Kier alpha value is -1.64. The fourth-order valence-electron chi connectivity index (χ4n) is 2.37. The summed E-state index contributed by atoms with van der Waals surface area (Å²) >= 11 is 0. The molecule has 3 heteroatoms. The molecule has 0 aliphatic heterocycles. The van der Waals surface area contributed by atoms with Gasteiger partial charge in [0.1, 0.15) is 0 Å². The van der Waals surface area contributed by atoms with Gasteiger partial charge in [-0.2, -0.15) is 0 Å². The SMILES string of the molecule is CCCCCCCCC(=O)OC(=O)c1ccc(C(C)(C)C)cc1. The van der Waals surface area contributed by atoms with Gasteiger partial charge in [0.2, 0.25) is 0 Å². The Bertz CT molecular complexity index is 495. The van der Waals surface area contributed by atoms with E-state index in [1.165, 1.54) is 19.3 Å². The molecule has 0 aliphatic rings. The van der Waals surface area contributed by atoms with Crippen molar-refractivity contribution in [2.45, 2.75) is 78.1 Å². The van der Waals surface area contributed by atoms with Crippen LogP contribution in [0.2, 0.25) is 0 Å². The van der Waals surface area contributed by atoms with Crippen LogP contribution < -0.4 is 0 Å². The maximum atomic E-state index is 11.9. The van der Waals surface area contributed by atoms with Crippen LogP contribution in [0.4, 0.5) is 0 Å². The van der Waals surface area contributed by atoms with Crippen molar-refractivity contribution in [1.29, 1.82) is 0 Å². The van der Waals surface area contributed by atoms with Gasteiger partial charge in [0, 0.05) is 6.42 Å². The van der Waals surface area contributed by atoms with Crippen LogP contribution in [0.1, 0.15) is 88.6 Å². The normalized spacial score (nSPS) is 11.3. The van der Waals surface area contributed by atoms with Gasteiger partial charge in [-0.1, -0.05) is 71.9 Å². The van der Waals surface area contributed by atoms with Crippen molar-refractivity contribution < 1.29 is 14.3 Å². The number of hydrogen-bond donors (Lipinski definition) is 0. The predicted octanol–water partition coefficient (Wildman–Crippen LogP) is 5.42. The van der Waals surface area contributed by atoms with Crippen molar-refractivity contribution in [3.05, 3.63) is 35.4 Å². The number of benzene rings is 1. The summed E-state index contributed by atoms with van der Waals surface area (Å²) in [5.41, 5.74) is 1.61. The largest absolute Gasteiger partial charge is 0.389 e. The van der Waals surface area contributed by atoms with Gasteiger partial charge in [-0.25, -0.2) is 4.79 Å². The van der Waals surface area contributed by atoms with E-state index in [1.54, 1.807) is 12.1 Å². The first-order valence-electron chi connectivity index (χ1n) is 8.70. The van der Waals surface area contributed by atoms with Crippen LogP contribution in [0.25, 0.3) is 0 Å². The minimum absolute atomic E-state index is 0.0377. The van der Waals surface area contributed by atoms with Gasteiger partial charge in [0.15, 0.2) is 0 Å². The molecule has 1 aromatic rings. The molecule has 0 aliphatic carbocycles. The summed E-state index contributed by atoms with van der Waals surface area (Å²) in [6, 6.07) is 7.27. The molecule has 0 aromatic heterocycles. The van der Waals surface area contributed by atoms with Crippen molar-refractivity contribution >= 4 is 11.9 Å². The predicted molar refractivity (Wildman–Crippen MR) is 93.6 cm³/mol. The lowest BCUT2D eigenvalue weighted by Gasteiger charge is -2.18. The highest BCUT2D eigenvalue weighted by molar-refractivity contribution is 5.96. The molecule has 1 aromatic carbocycles. The van der Waals surface area contributed by atoms with E-state index in [4.69, 9.17) is 4.74 Å². The zero-order chi connectivity index (χ0) is 17.3. The van der Waals surface area contributed by atoms with Crippen LogP contribution in [-0.4, -0.2) is 11.9 Å². The Kier molecular flexibility index (Phi) is 8.01. The summed E-state index contributed by atoms with van der Waals surface area (Å²) in [5, 5.41) is 0. The second kappa shape index (κ2) is 9.49. The number of esters is 2. The van der Waals surface area contributed by atoms with Gasteiger partial charge in [-0.3, -0.25) is 4.79 Å². The highest BCUT2D eigenvalue weighted by Crippen LogP contribution is 2.22. The molecule has 1 rings (SSSR count). The Labute approximate surface area is 140 Å². The van der Waals surface area contributed by atoms with Crippen molar-refractivity contribution in [1.82, 2.24) is 0 Å². The molecule has 0 atom stereocenters. The minimum atomic E-state index is -0.554. The zero-order valence-corrected chi connectivity index (χ0v) is 15.0. The molecular weight excluding hydrogens is 288 g/mol. The molecule has 0 heterocycles. The van der Waals surface area contributed by atoms with Crippen LogP contribution in [0.15, 0.2) is 24.3 Å². The first kappa shape index (κ1) is 19.4. The third kappa shape index (κ3) is 7.45. The van der Waals surface area contributed by atoms with E-state index in [0.29, 0.717) is 12.0 Å². The summed E-state index contributed by atoms with van der Waals surface area (Å²) < 4.78 is 4.91. The van der Waals surface area contributed by atoms with E-state index in [-0.39, 0.29) is 5.41 Å². The van der Waals surface area contributed by atoms with Crippen molar-refractivity contribution in [2.24, 2.45) is 0 Å². The average molecular weight is 318 g/mol. The number of unbranched alkanes of at least 4 members (excludes halogenated alkanes) is 5. The van der Waals surface area contributed by atoms with Crippen LogP contribution in [0.3, 0.4) is 0 Å². The summed E-state index contributed by atoms with van der Waals surface area (Å²) in [4.78, 5) is 23.6. The second-order valence-electron chi connectivity index (χ2n) is 7.11. The number of hydrogen-bond acceptors (Lipinski definition) is 3. The van der Waals surface area contributed by atoms with Crippen LogP contribution in [0.5, 0.6) is 0 Å². The van der Waals surface area contributed by atoms with E-state index in [1.807, 2.05) is 12.1 Å². The van der Waals surface area contributed by atoms with Gasteiger partial charge >= 0.3 is 11.9 Å². The molecule has 0 radical (unpaired) electrons. The fourth-order valence-corrected chi connectivity index (χ4v) is 2.37. The lowest BCUT2D eigenvalue weighted by Crippen LogP contribution is -2.14. The molecule has 0 spiro atoms. The molecule has 0 unspecified atom stereocenters. The van der Waals surface area contributed by atoms with Crippen molar-refractivity contribution in [3.63, 3.8) is 0 Å². The minimum Gasteiger partial charge on any atom is -0.389 e. The van der Waals surface area contributed by atoms with E-state index in [0.717, 1.165) is 24.8 Å². The summed E-state index contributed by atoms with van der Waals surface area (Å²) in [6.45, 7) is 8.52. The summed E-state index contributed by atoms with van der Waals surface area (Å²) in [7, 11) is 0. The highest BCUT2D eigenvalue weighted by Gasteiger charge is 2.16. The second-order valence-corrected chi connectivity index (χ2v) is 7.11. The molecule has 0 saturated heterocycles. The van der Waals surface area contributed by atoms with E-state index < -0.39 is 11.9 Å². The molecule has 3 nitrogen and oxygen atoms in total. The van der Waals surface area contributed by atoms with Gasteiger partial charge in [0.05, 0.1) is 5.56 Å². The van der Waals surface area contributed by atoms with E-state index in [9.17, 15) is 9.59 Å². The smallest absolute Gasteiger partial charge is 0.345 e. The van der Waals surface area contributed by atoms with Gasteiger partial charge in [-0.05, 0) is 29.5 Å². The maximum absolute atomic E-state index is 11.9. The number of carbonyl (C=O) groups excluding carboxylic acids is 2. The molecule has 128 valence electrons. The van der Waals surface area contributed by atoms with Crippen LogP contribution in [-0.2, 0) is 14.9 Å². The molecule has 0 amide bonds. The lowest BCUT2D eigenvalue weighted by molar-refractivity contribution is -0.138. The van der Waals surface area contributed by atoms with Crippen LogP contribution in [0, 0.1) is 0 Å². The fraction of sp³-hybridized carbons (Fsp3) is 0.600. The lowest BCUT2D eigenvalue weighted by atomic mass is 9.87. The Morgan fingerprint density at radius 2 is 1.48 bits per heavy atom. The molecule has 0 fully saturated rings. The third-order valence-electron chi connectivity index (χ3n) is 3.93. The summed E-state index contributed by atoms with van der Waals surface area (Å²) in [6.07, 6.45) is 6.94.